The number of carbonyl (C=O) groups excluding carboxylic acids is 1. The van der Waals surface area contributed by atoms with Crippen molar-refractivity contribution >= 4 is 22.5 Å². The predicted octanol–water partition coefficient (Wildman–Crippen LogP) is 3.86. The minimum absolute atomic E-state index is 0.132. The lowest BCUT2D eigenvalue weighted by Gasteiger charge is -2.27. The van der Waals surface area contributed by atoms with Crippen LogP contribution in [0.2, 0.25) is 0 Å². The number of rotatable bonds is 3. The minimum Gasteiger partial charge on any atom is -0.317 e. The first-order valence-corrected chi connectivity index (χ1v) is 9.16. The van der Waals surface area contributed by atoms with Crippen molar-refractivity contribution in [3.63, 3.8) is 0 Å². The number of hydrogen-bond donors (Lipinski definition) is 1. The second-order valence-electron chi connectivity index (χ2n) is 6.88. The molecule has 2 aromatic carbocycles. The fourth-order valence-electron chi connectivity index (χ4n) is 3.59. The average Bonchev–Trinajstić information content (AvgIpc) is 2.73. The Labute approximate surface area is 153 Å². The molecule has 0 unspecified atom stereocenters. The van der Waals surface area contributed by atoms with Crippen LogP contribution >= 0.6 is 0 Å². The first-order chi connectivity index (χ1) is 12.7. The van der Waals surface area contributed by atoms with Crippen molar-refractivity contribution in [3.8, 4) is 11.1 Å². The van der Waals surface area contributed by atoms with Crippen molar-refractivity contribution < 1.29 is 4.79 Å². The number of fused-ring (bicyclic) bond motifs is 1. The Morgan fingerprint density at radius 1 is 1.04 bits per heavy atom. The number of piperidine rings is 1. The molecular weight excluding hydrogens is 322 g/mol. The Hall–Kier alpha value is -2.72. The van der Waals surface area contributed by atoms with Crippen LogP contribution in [0.15, 0.2) is 60.8 Å². The van der Waals surface area contributed by atoms with Crippen LogP contribution in [0, 0.1) is 5.92 Å². The standard InChI is InChI=1S/C22H23N3O/c1-25(22(26)18-10-13-23-14-11-18)20-8-6-16(7-9-20)19-5-4-17-3-2-12-24-21(17)15-19/h2-9,12,15,18,23H,10-11,13-14H2,1H3. The van der Waals surface area contributed by atoms with Crippen molar-refractivity contribution in [2.45, 2.75) is 12.8 Å². The third-order valence-electron chi connectivity index (χ3n) is 5.21. The van der Waals surface area contributed by atoms with Gasteiger partial charge in [-0.25, -0.2) is 0 Å². The maximum atomic E-state index is 12.7. The van der Waals surface area contributed by atoms with Gasteiger partial charge in [-0.1, -0.05) is 30.3 Å². The van der Waals surface area contributed by atoms with E-state index in [2.05, 4.69) is 46.7 Å². The molecule has 0 aliphatic carbocycles. The van der Waals surface area contributed by atoms with E-state index in [0.29, 0.717) is 0 Å². The zero-order valence-electron chi connectivity index (χ0n) is 15.0. The molecule has 1 amide bonds. The molecule has 1 aromatic heterocycles. The van der Waals surface area contributed by atoms with Crippen LogP contribution in [-0.4, -0.2) is 31.0 Å². The zero-order valence-corrected chi connectivity index (χ0v) is 15.0. The van der Waals surface area contributed by atoms with Gasteiger partial charge in [0.05, 0.1) is 5.52 Å². The second-order valence-corrected chi connectivity index (χ2v) is 6.88. The van der Waals surface area contributed by atoms with Crippen LogP contribution in [0.1, 0.15) is 12.8 Å². The zero-order chi connectivity index (χ0) is 17.9. The fraction of sp³-hybridized carbons (Fsp3) is 0.273. The maximum absolute atomic E-state index is 12.7. The fourth-order valence-corrected chi connectivity index (χ4v) is 3.59. The number of aromatic nitrogens is 1. The summed E-state index contributed by atoms with van der Waals surface area (Å²) in [4.78, 5) is 18.9. The summed E-state index contributed by atoms with van der Waals surface area (Å²) in [6.07, 6.45) is 3.66. The van der Waals surface area contributed by atoms with Crippen LogP contribution in [0.4, 0.5) is 5.69 Å². The molecular formula is C22H23N3O. The third kappa shape index (κ3) is 3.33. The number of pyridine rings is 1. The Morgan fingerprint density at radius 3 is 2.54 bits per heavy atom. The molecule has 1 saturated heterocycles. The Kier molecular flexibility index (Phi) is 4.67. The molecule has 26 heavy (non-hydrogen) atoms. The van der Waals surface area contributed by atoms with Gasteiger partial charge in [-0.15, -0.1) is 0 Å². The van der Waals surface area contributed by atoms with Gasteiger partial charge in [0, 0.05) is 30.2 Å². The van der Waals surface area contributed by atoms with Crippen LogP contribution < -0.4 is 10.2 Å². The topological polar surface area (TPSA) is 45.2 Å². The van der Waals surface area contributed by atoms with Crippen LogP contribution in [-0.2, 0) is 4.79 Å². The first kappa shape index (κ1) is 16.7. The van der Waals surface area contributed by atoms with E-state index in [1.807, 2.05) is 31.4 Å². The van der Waals surface area contributed by atoms with E-state index < -0.39 is 0 Å². The van der Waals surface area contributed by atoms with E-state index in [4.69, 9.17) is 0 Å². The molecule has 4 rings (SSSR count). The lowest BCUT2D eigenvalue weighted by molar-refractivity contribution is -0.122. The van der Waals surface area contributed by atoms with E-state index in [9.17, 15) is 4.79 Å². The Morgan fingerprint density at radius 2 is 1.77 bits per heavy atom. The summed E-state index contributed by atoms with van der Waals surface area (Å²) in [5, 5.41) is 4.45. The van der Waals surface area contributed by atoms with E-state index >= 15 is 0 Å². The van der Waals surface area contributed by atoms with Gasteiger partial charge < -0.3 is 10.2 Å². The molecule has 4 nitrogen and oxygen atoms in total. The normalized spacial score (nSPS) is 15.1. The first-order valence-electron chi connectivity index (χ1n) is 9.16. The molecule has 1 N–H and O–H groups in total. The van der Waals surface area contributed by atoms with Gasteiger partial charge >= 0.3 is 0 Å². The molecule has 1 aliphatic rings. The third-order valence-corrected chi connectivity index (χ3v) is 5.21. The van der Waals surface area contributed by atoms with Crippen LogP contribution in [0.5, 0.6) is 0 Å². The number of amides is 1. The molecule has 132 valence electrons. The van der Waals surface area contributed by atoms with E-state index in [1.165, 1.54) is 0 Å². The number of carbonyl (C=O) groups is 1. The lowest BCUT2D eigenvalue weighted by atomic mass is 9.96. The highest BCUT2D eigenvalue weighted by Crippen LogP contribution is 2.26. The highest BCUT2D eigenvalue weighted by atomic mass is 16.2. The highest BCUT2D eigenvalue weighted by Gasteiger charge is 2.24. The second kappa shape index (κ2) is 7.26. The van der Waals surface area contributed by atoms with Crippen LogP contribution in [0.3, 0.4) is 0 Å². The molecule has 2 heterocycles. The van der Waals surface area contributed by atoms with Gasteiger partial charge in [0.15, 0.2) is 0 Å². The summed E-state index contributed by atoms with van der Waals surface area (Å²) in [6.45, 7) is 1.86. The van der Waals surface area contributed by atoms with Gasteiger partial charge in [0.1, 0.15) is 0 Å². The maximum Gasteiger partial charge on any atom is 0.229 e. The SMILES string of the molecule is CN(C(=O)C1CCNCC1)c1ccc(-c2ccc3cccnc3c2)cc1. The molecule has 3 aromatic rings. The summed E-state index contributed by atoms with van der Waals surface area (Å²) < 4.78 is 0. The number of anilines is 1. The van der Waals surface area contributed by atoms with Crippen molar-refractivity contribution in [1.82, 2.24) is 10.3 Å². The lowest BCUT2D eigenvalue weighted by Crippen LogP contribution is -2.39. The number of nitrogens with zero attached hydrogens (tertiary/aromatic N) is 2. The molecule has 0 saturated carbocycles. The monoisotopic (exact) mass is 345 g/mol. The van der Waals surface area contributed by atoms with Gasteiger partial charge in [-0.2, -0.15) is 0 Å². The summed E-state index contributed by atoms with van der Waals surface area (Å²) >= 11 is 0. The van der Waals surface area contributed by atoms with E-state index in [0.717, 1.165) is 53.6 Å². The van der Waals surface area contributed by atoms with Gasteiger partial charge in [0.2, 0.25) is 5.91 Å². The van der Waals surface area contributed by atoms with Crippen molar-refractivity contribution in [2.75, 3.05) is 25.0 Å². The summed E-state index contributed by atoms with van der Waals surface area (Å²) in [5.74, 6) is 0.349. The number of hydrogen-bond acceptors (Lipinski definition) is 3. The van der Waals surface area contributed by atoms with Crippen LogP contribution in [0.25, 0.3) is 22.0 Å². The highest BCUT2D eigenvalue weighted by molar-refractivity contribution is 5.95. The van der Waals surface area contributed by atoms with Crippen molar-refractivity contribution in [2.24, 2.45) is 5.92 Å². The Balaban J connectivity index is 1.54. The molecule has 0 radical (unpaired) electrons. The van der Waals surface area contributed by atoms with Gasteiger partial charge in [0.25, 0.3) is 0 Å². The molecule has 0 spiro atoms. The van der Waals surface area contributed by atoms with Crippen molar-refractivity contribution in [1.29, 1.82) is 0 Å². The molecule has 1 aliphatic heterocycles. The van der Waals surface area contributed by atoms with Gasteiger partial charge in [-0.05, 0) is 61.3 Å². The summed E-state index contributed by atoms with van der Waals surface area (Å²) in [5.41, 5.74) is 4.20. The summed E-state index contributed by atoms with van der Waals surface area (Å²) in [7, 11) is 1.87. The van der Waals surface area contributed by atoms with E-state index in [1.54, 1.807) is 4.90 Å². The molecule has 1 fully saturated rings. The minimum atomic E-state index is 0.132. The molecule has 4 heteroatoms. The smallest absolute Gasteiger partial charge is 0.229 e. The predicted molar refractivity (Wildman–Crippen MR) is 106 cm³/mol. The number of nitrogens with one attached hydrogen (secondary N) is 1. The van der Waals surface area contributed by atoms with Crippen molar-refractivity contribution in [3.05, 3.63) is 60.8 Å². The number of benzene rings is 2. The Bertz CT molecular complexity index is 914. The quantitative estimate of drug-likeness (QED) is 0.784. The molecule has 0 atom stereocenters. The largest absolute Gasteiger partial charge is 0.317 e. The van der Waals surface area contributed by atoms with Gasteiger partial charge in [-0.3, -0.25) is 9.78 Å². The molecule has 0 bridgehead atoms. The summed E-state index contributed by atoms with van der Waals surface area (Å²) in [6, 6.07) is 18.5. The van der Waals surface area contributed by atoms with E-state index in [-0.39, 0.29) is 11.8 Å². The average molecular weight is 345 g/mol.